The van der Waals surface area contributed by atoms with Crippen LogP contribution >= 0.6 is 12.4 Å². The van der Waals surface area contributed by atoms with E-state index >= 15 is 0 Å². The smallest absolute Gasteiger partial charge is 0.289 e. The first-order chi connectivity index (χ1) is 14.1. The number of amides is 1. The van der Waals surface area contributed by atoms with Crippen molar-refractivity contribution >= 4 is 28.3 Å². The lowest BCUT2D eigenvalue weighted by Crippen LogP contribution is -2.56. The highest BCUT2D eigenvalue weighted by Gasteiger charge is 2.55. The van der Waals surface area contributed by atoms with Crippen molar-refractivity contribution < 1.29 is 31.6 Å². The van der Waals surface area contributed by atoms with Crippen LogP contribution in [0.3, 0.4) is 0 Å². The Morgan fingerprint density at radius 3 is 2.32 bits per heavy atom. The molecule has 1 aliphatic carbocycles. The molecule has 2 aliphatic rings. The fraction of sp³-hybridized carbons (Fsp3) is 0.684. The molecule has 2 fully saturated rings. The number of hydrogen-bond acceptors (Lipinski definition) is 5. The molecular weight excluding hydrogens is 459 g/mol. The largest absolute Gasteiger partial charge is 0.389 e. The number of pyridine rings is 1. The molecule has 0 atom stereocenters. The molecule has 3 rings (SSSR count). The highest BCUT2D eigenvalue weighted by atomic mass is 35.5. The van der Waals surface area contributed by atoms with Gasteiger partial charge >= 0.3 is 6.18 Å². The van der Waals surface area contributed by atoms with Crippen LogP contribution in [0.2, 0.25) is 0 Å². The second-order valence-electron chi connectivity index (χ2n) is 8.03. The number of aromatic nitrogens is 1. The number of carbonyl (C=O) groups is 1. The summed E-state index contributed by atoms with van der Waals surface area (Å²) in [5.74, 6) is -0.877. The van der Waals surface area contributed by atoms with E-state index in [4.69, 9.17) is 5.21 Å². The molecular formula is C19H27ClF3N3O4S. The third-order valence-electron chi connectivity index (χ3n) is 6.18. The summed E-state index contributed by atoms with van der Waals surface area (Å²) in [6.45, 7) is 0.454. The monoisotopic (exact) mass is 485 g/mol. The van der Waals surface area contributed by atoms with Gasteiger partial charge in [-0.3, -0.25) is 15.0 Å². The first-order valence-electron chi connectivity index (χ1n) is 10.0. The summed E-state index contributed by atoms with van der Waals surface area (Å²) in [7, 11) is -3.93. The Morgan fingerprint density at radius 1 is 1.23 bits per heavy atom. The molecule has 0 spiro atoms. The van der Waals surface area contributed by atoms with Crippen molar-refractivity contribution in [1.82, 2.24) is 14.8 Å². The Bertz CT molecular complexity index is 851. The highest BCUT2D eigenvalue weighted by Crippen LogP contribution is 2.41. The molecule has 2 heterocycles. The summed E-state index contributed by atoms with van der Waals surface area (Å²) < 4.78 is 63.1. The van der Waals surface area contributed by atoms with E-state index in [0.29, 0.717) is 31.2 Å². The van der Waals surface area contributed by atoms with Crippen molar-refractivity contribution in [2.45, 2.75) is 68.2 Å². The summed E-state index contributed by atoms with van der Waals surface area (Å²) in [4.78, 5) is 16.5. The topological polar surface area (TPSA) is 99.6 Å². The lowest BCUT2D eigenvalue weighted by molar-refractivity contribution is -0.134. The maximum atomic E-state index is 13.2. The standard InChI is InChI=1S/C19H26F3N3O4S.ClH/c20-19(21,22)10-5-14-3-4-16(23-13-14)15-6-11-25(12-7-15)30(28,29)18(17(26)24-27)8-1-2-9-18;/h3-4,13,15,27H,1-2,5-12H2,(H,24,26);1H. The second-order valence-corrected chi connectivity index (χ2v) is 10.3. The van der Waals surface area contributed by atoms with Crippen LogP contribution in [0.4, 0.5) is 13.2 Å². The van der Waals surface area contributed by atoms with E-state index in [1.807, 2.05) is 0 Å². The normalized spacial score (nSPS) is 20.3. The van der Waals surface area contributed by atoms with Gasteiger partial charge in [-0.1, -0.05) is 18.9 Å². The fourth-order valence-corrected chi connectivity index (χ4v) is 6.67. The number of nitrogens with zero attached hydrogens (tertiary/aromatic N) is 2. The predicted molar refractivity (Wildman–Crippen MR) is 109 cm³/mol. The van der Waals surface area contributed by atoms with Crippen molar-refractivity contribution in [3.05, 3.63) is 29.6 Å². The van der Waals surface area contributed by atoms with Crippen LogP contribution in [0.5, 0.6) is 0 Å². The van der Waals surface area contributed by atoms with Crippen molar-refractivity contribution in [3.8, 4) is 0 Å². The SMILES string of the molecule is Cl.O=C(NO)C1(S(=O)(=O)N2CCC(c3ccc(CCC(F)(F)F)cn3)CC2)CCCC1. The molecule has 1 saturated carbocycles. The van der Waals surface area contributed by atoms with Crippen LogP contribution in [0.15, 0.2) is 18.3 Å². The van der Waals surface area contributed by atoms with Gasteiger partial charge in [0.1, 0.15) is 0 Å². The second kappa shape index (κ2) is 10.0. The van der Waals surface area contributed by atoms with Gasteiger partial charge < -0.3 is 0 Å². The molecule has 0 bridgehead atoms. The molecule has 1 saturated heterocycles. The molecule has 1 amide bonds. The van der Waals surface area contributed by atoms with E-state index in [1.54, 1.807) is 12.1 Å². The van der Waals surface area contributed by atoms with Crippen LogP contribution in [-0.4, -0.2) is 52.8 Å². The molecule has 1 aromatic rings. The molecule has 7 nitrogen and oxygen atoms in total. The Hall–Kier alpha value is -1.43. The predicted octanol–water partition coefficient (Wildman–Crippen LogP) is 3.33. The quantitative estimate of drug-likeness (QED) is 0.475. The van der Waals surface area contributed by atoms with E-state index in [-0.39, 0.29) is 50.7 Å². The molecule has 31 heavy (non-hydrogen) atoms. The molecule has 0 radical (unpaired) electrons. The summed E-state index contributed by atoms with van der Waals surface area (Å²) in [6.07, 6.45) is -1.19. The molecule has 12 heteroatoms. The number of halogens is 4. The Morgan fingerprint density at radius 2 is 1.84 bits per heavy atom. The van der Waals surface area contributed by atoms with Gasteiger partial charge in [-0.25, -0.2) is 18.2 Å². The minimum atomic E-state index is -4.21. The maximum absolute atomic E-state index is 13.2. The molecule has 0 unspecified atom stereocenters. The van der Waals surface area contributed by atoms with Crippen LogP contribution in [0.1, 0.15) is 62.1 Å². The number of aryl methyl sites for hydroxylation is 1. The molecule has 1 aliphatic heterocycles. The zero-order valence-corrected chi connectivity index (χ0v) is 18.5. The number of alkyl halides is 3. The minimum Gasteiger partial charge on any atom is -0.289 e. The van der Waals surface area contributed by atoms with Gasteiger partial charge in [0, 0.05) is 37.3 Å². The Balaban J connectivity index is 0.00000341. The van der Waals surface area contributed by atoms with E-state index in [2.05, 4.69) is 4.98 Å². The van der Waals surface area contributed by atoms with E-state index in [1.165, 1.54) is 16.0 Å². The van der Waals surface area contributed by atoms with E-state index < -0.39 is 33.3 Å². The van der Waals surface area contributed by atoms with Crippen LogP contribution < -0.4 is 5.48 Å². The number of sulfonamides is 1. The average Bonchev–Trinajstić information content (AvgIpc) is 3.23. The fourth-order valence-electron chi connectivity index (χ4n) is 4.40. The van der Waals surface area contributed by atoms with Crippen molar-refractivity contribution in [2.24, 2.45) is 0 Å². The average molecular weight is 486 g/mol. The molecule has 2 N–H and O–H groups in total. The zero-order chi connectivity index (χ0) is 22.0. The third kappa shape index (κ3) is 5.50. The maximum Gasteiger partial charge on any atom is 0.389 e. The van der Waals surface area contributed by atoms with Crippen molar-refractivity contribution in [3.63, 3.8) is 0 Å². The third-order valence-corrected chi connectivity index (χ3v) is 8.80. The lowest BCUT2D eigenvalue weighted by Gasteiger charge is -2.37. The molecule has 0 aromatic carbocycles. The van der Waals surface area contributed by atoms with Crippen LogP contribution in [0, 0.1) is 0 Å². The van der Waals surface area contributed by atoms with E-state index in [0.717, 1.165) is 5.69 Å². The molecule has 176 valence electrons. The Labute approximate surface area is 185 Å². The van der Waals surface area contributed by atoms with Gasteiger partial charge in [-0.15, -0.1) is 12.4 Å². The summed E-state index contributed by atoms with van der Waals surface area (Å²) in [5, 5.41) is 9.06. The minimum absolute atomic E-state index is 0. The van der Waals surface area contributed by atoms with Gasteiger partial charge in [0.25, 0.3) is 5.91 Å². The molecule has 1 aromatic heterocycles. The highest BCUT2D eigenvalue weighted by molar-refractivity contribution is 7.91. The Kier molecular flexibility index (Phi) is 8.34. The van der Waals surface area contributed by atoms with E-state index in [9.17, 15) is 26.4 Å². The van der Waals surface area contributed by atoms with Gasteiger partial charge in [0.2, 0.25) is 10.0 Å². The first kappa shape index (κ1) is 25.8. The number of carbonyl (C=O) groups excluding carboxylic acids is 1. The van der Waals surface area contributed by atoms with Gasteiger partial charge in [-0.2, -0.15) is 13.2 Å². The van der Waals surface area contributed by atoms with Crippen LogP contribution in [-0.2, 0) is 21.2 Å². The summed E-state index contributed by atoms with van der Waals surface area (Å²) >= 11 is 0. The summed E-state index contributed by atoms with van der Waals surface area (Å²) in [6, 6.07) is 3.34. The number of hydrogen-bond donors (Lipinski definition) is 2. The van der Waals surface area contributed by atoms with Gasteiger partial charge in [-0.05, 0) is 43.7 Å². The van der Waals surface area contributed by atoms with Crippen molar-refractivity contribution in [2.75, 3.05) is 13.1 Å². The van der Waals surface area contributed by atoms with Gasteiger partial charge in [0.05, 0.1) is 0 Å². The first-order valence-corrected chi connectivity index (χ1v) is 11.5. The zero-order valence-electron chi connectivity index (χ0n) is 16.9. The van der Waals surface area contributed by atoms with Crippen molar-refractivity contribution in [1.29, 1.82) is 0 Å². The number of nitrogens with one attached hydrogen (secondary N) is 1. The van der Waals surface area contributed by atoms with Crippen LogP contribution in [0.25, 0.3) is 0 Å². The number of hydroxylamine groups is 1. The number of piperidine rings is 1. The summed E-state index contributed by atoms with van der Waals surface area (Å²) in [5.41, 5.74) is 2.76. The lowest BCUT2D eigenvalue weighted by atomic mass is 9.94. The number of rotatable bonds is 6. The van der Waals surface area contributed by atoms with Gasteiger partial charge in [0.15, 0.2) is 4.75 Å².